The van der Waals surface area contributed by atoms with Gasteiger partial charge < -0.3 is 5.32 Å². The normalized spacial score (nSPS) is 11.2. The number of rotatable bonds is 6. The number of para-hydroxylation sites is 1. The van der Waals surface area contributed by atoms with Crippen molar-refractivity contribution in [3.05, 3.63) is 64.4 Å². The quantitative estimate of drug-likeness (QED) is 0.497. The SMILES string of the molecule is CCCNC(=O)CSc1nnc2n(-c3ccc(C)cc3)c(=O)c3ccccc3n12. The van der Waals surface area contributed by atoms with Crippen LogP contribution in [0.2, 0.25) is 0 Å². The van der Waals surface area contributed by atoms with Crippen LogP contribution in [-0.2, 0) is 4.79 Å². The predicted octanol–water partition coefficient (Wildman–Crippen LogP) is 2.96. The molecule has 0 saturated heterocycles. The van der Waals surface area contributed by atoms with Gasteiger partial charge in [-0.05, 0) is 37.6 Å². The first-order valence-electron chi connectivity index (χ1n) is 9.45. The van der Waals surface area contributed by atoms with E-state index in [1.54, 1.807) is 10.6 Å². The maximum Gasteiger partial charge on any atom is 0.267 e. The van der Waals surface area contributed by atoms with Crippen molar-refractivity contribution < 1.29 is 4.79 Å². The van der Waals surface area contributed by atoms with Gasteiger partial charge in [-0.25, -0.2) is 4.57 Å². The average Bonchev–Trinajstić information content (AvgIpc) is 3.16. The van der Waals surface area contributed by atoms with Crippen molar-refractivity contribution in [2.24, 2.45) is 0 Å². The van der Waals surface area contributed by atoms with Crippen LogP contribution >= 0.6 is 11.8 Å². The predicted molar refractivity (Wildman–Crippen MR) is 115 cm³/mol. The van der Waals surface area contributed by atoms with E-state index in [0.29, 0.717) is 22.9 Å². The number of amides is 1. The lowest BCUT2D eigenvalue weighted by atomic mass is 10.2. The summed E-state index contributed by atoms with van der Waals surface area (Å²) in [6.45, 7) is 4.66. The first-order chi connectivity index (χ1) is 14.1. The van der Waals surface area contributed by atoms with Crippen molar-refractivity contribution in [2.75, 3.05) is 12.3 Å². The third-order valence-electron chi connectivity index (χ3n) is 4.59. The lowest BCUT2D eigenvalue weighted by Crippen LogP contribution is -2.25. The highest BCUT2D eigenvalue weighted by Gasteiger charge is 2.18. The molecule has 0 fully saturated rings. The Kier molecular flexibility index (Phi) is 5.35. The Morgan fingerprint density at radius 2 is 1.86 bits per heavy atom. The van der Waals surface area contributed by atoms with E-state index in [9.17, 15) is 9.59 Å². The number of hydrogen-bond acceptors (Lipinski definition) is 5. The Labute approximate surface area is 171 Å². The monoisotopic (exact) mass is 407 g/mol. The Bertz CT molecular complexity index is 1240. The summed E-state index contributed by atoms with van der Waals surface area (Å²) < 4.78 is 3.41. The fourth-order valence-corrected chi connectivity index (χ4v) is 3.91. The van der Waals surface area contributed by atoms with E-state index in [4.69, 9.17) is 0 Å². The molecule has 7 nitrogen and oxygen atoms in total. The standard InChI is InChI=1S/C21H21N5O2S/c1-3-12-22-18(27)13-29-21-24-23-20-25(15-10-8-14(2)9-11-15)19(28)16-6-4-5-7-17(16)26(20)21/h4-11H,3,12-13H2,1-2H3,(H,22,27). The fourth-order valence-electron chi connectivity index (χ4n) is 3.14. The van der Waals surface area contributed by atoms with E-state index in [1.165, 1.54) is 11.8 Å². The van der Waals surface area contributed by atoms with Crippen LogP contribution in [0.25, 0.3) is 22.4 Å². The molecule has 2 heterocycles. The van der Waals surface area contributed by atoms with Crippen molar-refractivity contribution in [1.82, 2.24) is 24.5 Å². The molecule has 148 valence electrons. The second-order valence-electron chi connectivity index (χ2n) is 6.75. The van der Waals surface area contributed by atoms with Gasteiger partial charge in [-0.2, -0.15) is 0 Å². The number of thioether (sulfide) groups is 1. The van der Waals surface area contributed by atoms with Gasteiger partial charge in [0.15, 0.2) is 5.16 Å². The minimum atomic E-state index is -0.151. The van der Waals surface area contributed by atoms with Crippen LogP contribution < -0.4 is 10.9 Å². The third kappa shape index (κ3) is 3.63. The zero-order valence-corrected chi connectivity index (χ0v) is 17.1. The molecule has 1 N–H and O–H groups in total. The Morgan fingerprint density at radius 3 is 2.62 bits per heavy atom. The van der Waals surface area contributed by atoms with Crippen LogP contribution in [0.5, 0.6) is 0 Å². The summed E-state index contributed by atoms with van der Waals surface area (Å²) in [5.41, 5.74) is 2.40. The Balaban J connectivity index is 1.87. The third-order valence-corrected chi connectivity index (χ3v) is 5.52. The van der Waals surface area contributed by atoms with Crippen molar-refractivity contribution in [3.8, 4) is 5.69 Å². The van der Waals surface area contributed by atoms with Crippen molar-refractivity contribution in [2.45, 2.75) is 25.4 Å². The number of carbonyl (C=O) groups excluding carboxylic acids is 1. The number of aromatic nitrogens is 4. The van der Waals surface area contributed by atoms with Crippen LogP contribution in [0.3, 0.4) is 0 Å². The van der Waals surface area contributed by atoms with E-state index >= 15 is 0 Å². The summed E-state index contributed by atoms with van der Waals surface area (Å²) >= 11 is 1.30. The van der Waals surface area contributed by atoms with Gasteiger partial charge in [-0.15, -0.1) is 10.2 Å². The van der Waals surface area contributed by atoms with E-state index in [0.717, 1.165) is 23.2 Å². The fraction of sp³-hybridized carbons (Fsp3) is 0.238. The molecule has 8 heteroatoms. The van der Waals surface area contributed by atoms with Crippen LogP contribution in [-0.4, -0.2) is 37.4 Å². The molecule has 0 radical (unpaired) electrons. The van der Waals surface area contributed by atoms with Crippen LogP contribution in [0, 0.1) is 6.92 Å². The number of aryl methyl sites for hydroxylation is 1. The van der Waals surface area contributed by atoms with Crippen LogP contribution in [0.1, 0.15) is 18.9 Å². The van der Waals surface area contributed by atoms with Gasteiger partial charge in [0.1, 0.15) is 0 Å². The summed E-state index contributed by atoms with van der Waals surface area (Å²) in [6.07, 6.45) is 0.887. The van der Waals surface area contributed by atoms with E-state index in [-0.39, 0.29) is 17.2 Å². The number of fused-ring (bicyclic) bond motifs is 3. The summed E-state index contributed by atoms with van der Waals surface area (Å²) in [7, 11) is 0. The Hall–Kier alpha value is -3.13. The van der Waals surface area contributed by atoms with Gasteiger partial charge in [0.25, 0.3) is 5.56 Å². The molecule has 0 aliphatic heterocycles. The molecule has 0 aliphatic carbocycles. The number of nitrogens with zero attached hydrogens (tertiary/aromatic N) is 4. The smallest absolute Gasteiger partial charge is 0.267 e. The van der Waals surface area contributed by atoms with Gasteiger partial charge >= 0.3 is 0 Å². The van der Waals surface area contributed by atoms with Crippen LogP contribution in [0.15, 0.2) is 58.5 Å². The summed E-state index contributed by atoms with van der Waals surface area (Å²) in [6, 6.07) is 15.1. The van der Waals surface area contributed by atoms with Crippen molar-refractivity contribution in [3.63, 3.8) is 0 Å². The van der Waals surface area contributed by atoms with Crippen molar-refractivity contribution in [1.29, 1.82) is 0 Å². The molecule has 29 heavy (non-hydrogen) atoms. The molecule has 4 aromatic rings. The molecule has 0 spiro atoms. The van der Waals surface area contributed by atoms with Crippen molar-refractivity contribution >= 4 is 34.3 Å². The van der Waals surface area contributed by atoms with Gasteiger partial charge in [-0.1, -0.05) is 48.5 Å². The van der Waals surface area contributed by atoms with Crippen LogP contribution in [0.4, 0.5) is 0 Å². The molecule has 0 bridgehead atoms. The zero-order chi connectivity index (χ0) is 20.4. The first-order valence-corrected chi connectivity index (χ1v) is 10.4. The second-order valence-corrected chi connectivity index (χ2v) is 7.69. The summed E-state index contributed by atoms with van der Waals surface area (Å²) in [5, 5.41) is 12.6. The number of nitrogens with one attached hydrogen (secondary N) is 1. The van der Waals surface area contributed by atoms with E-state index in [1.807, 2.05) is 60.7 Å². The zero-order valence-electron chi connectivity index (χ0n) is 16.3. The van der Waals surface area contributed by atoms with Gasteiger partial charge in [-0.3, -0.25) is 14.0 Å². The maximum atomic E-state index is 13.2. The molecule has 0 unspecified atom stereocenters. The number of hydrogen-bond donors (Lipinski definition) is 1. The van der Waals surface area contributed by atoms with Gasteiger partial charge in [0, 0.05) is 6.54 Å². The first kappa shape index (κ1) is 19.2. The number of benzene rings is 2. The lowest BCUT2D eigenvalue weighted by Gasteiger charge is -2.11. The number of carbonyl (C=O) groups is 1. The minimum Gasteiger partial charge on any atom is -0.355 e. The van der Waals surface area contributed by atoms with E-state index < -0.39 is 0 Å². The van der Waals surface area contributed by atoms with Gasteiger partial charge in [0.05, 0.1) is 22.3 Å². The molecular weight excluding hydrogens is 386 g/mol. The molecule has 1 amide bonds. The molecular formula is C21H21N5O2S. The average molecular weight is 407 g/mol. The molecule has 2 aromatic heterocycles. The molecule has 0 atom stereocenters. The highest BCUT2D eigenvalue weighted by Crippen LogP contribution is 2.23. The Morgan fingerprint density at radius 1 is 1.10 bits per heavy atom. The van der Waals surface area contributed by atoms with E-state index in [2.05, 4.69) is 15.5 Å². The second kappa shape index (κ2) is 8.08. The molecule has 0 aliphatic rings. The largest absolute Gasteiger partial charge is 0.355 e. The highest BCUT2D eigenvalue weighted by molar-refractivity contribution is 7.99. The highest BCUT2D eigenvalue weighted by atomic mass is 32.2. The minimum absolute atomic E-state index is 0.0511. The topological polar surface area (TPSA) is 81.3 Å². The summed E-state index contributed by atoms with van der Waals surface area (Å²) in [5.74, 6) is 0.609. The lowest BCUT2D eigenvalue weighted by molar-refractivity contribution is -0.118. The molecule has 0 saturated carbocycles. The summed E-state index contributed by atoms with van der Waals surface area (Å²) in [4.78, 5) is 25.3. The van der Waals surface area contributed by atoms with Gasteiger partial charge in [0.2, 0.25) is 11.7 Å². The molecule has 4 rings (SSSR count). The molecule has 2 aromatic carbocycles. The maximum absolute atomic E-state index is 13.2.